The van der Waals surface area contributed by atoms with Gasteiger partial charge in [-0.15, -0.1) is 11.3 Å². The molecule has 0 bridgehead atoms. The first-order chi connectivity index (χ1) is 9.78. The van der Waals surface area contributed by atoms with E-state index in [1.54, 1.807) is 29.2 Å². The third-order valence-electron chi connectivity index (χ3n) is 2.63. The molecule has 0 fully saturated rings. The van der Waals surface area contributed by atoms with Crippen molar-refractivity contribution in [3.05, 3.63) is 22.7 Å². The fourth-order valence-corrected chi connectivity index (χ4v) is 3.13. The zero-order chi connectivity index (χ0) is 14.2. The van der Waals surface area contributed by atoms with Crippen LogP contribution in [0, 0.1) is 0 Å². The van der Waals surface area contributed by atoms with Crippen molar-refractivity contribution in [2.24, 2.45) is 0 Å². The second kappa shape index (κ2) is 8.06. The second-order valence-corrected chi connectivity index (χ2v) is 6.10. The Morgan fingerprint density at radius 3 is 3.05 bits per heavy atom. The number of unbranched alkanes of at least 4 members (excludes halogenated alkanes) is 1. The lowest BCUT2D eigenvalue weighted by Crippen LogP contribution is -2.08. The van der Waals surface area contributed by atoms with Crippen LogP contribution in [0.2, 0.25) is 0 Å². The van der Waals surface area contributed by atoms with Crippen molar-refractivity contribution in [1.82, 2.24) is 15.0 Å². The van der Waals surface area contributed by atoms with Crippen LogP contribution in [-0.2, 0) is 6.42 Å². The monoisotopic (exact) mass is 309 g/mol. The molecule has 0 atom stereocenters. The molecule has 20 heavy (non-hydrogen) atoms. The van der Waals surface area contributed by atoms with Crippen LogP contribution in [0.1, 0.15) is 25.5 Å². The fraction of sp³-hybridized carbons (Fsp3) is 0.462. The van der Waals surface area contributed by atoms with Gasteiger partial charge in [-0.3, -0.25) is 0 Å². The van der Waals surface area contributed by atoms with E-state index in [1.165, 1.54) is 6.42 Å². The van der Waals surface area contributed by atoms with Crippen LogP contribution in [-0.4, -0.2) is 27.2 Å². The van der Waals surface area contributed by atoms with Gasteiger partial charge in [0.25, 0.3) is 0 Å². The van der Waals surface area contributed by atoms with E-state index in [2.05, 4.69) is 32.6 Å². The number of nitrogens with two attached hydrogens (primary N) is 1. The molecule has 3 N–H and O–H groups in total. The number of thioether (sulfide) groups is 1. The van der Waals surface area contributed by atoms with Gasteiger partial charge in [-0.25, -0.2) is 15.0 Å². The highest BCUT2D eigenvalue weighted by atomic mass is 32.2. The molecule has 0 spiro atoms. The Morgan fingerprint density at radius 1 is 1.40 bits per heavy atom. The average molecular weight is 309 g/mol. The van der Waals surface area contributed by atoms with E-state index in [0.29, 0.717) is 5.82 Å². The Balaban J connectivity index is 1.86. The molecule has 0 aliphatic heterocycles. The minimum absolute atomic E-state index is 0.509. The quantitative estimate of drug-likeness (QED) is 0.443. The highest BCUT2D eigenvalue weighted by molar-refractivity contribution is 7.99. The van der Waals surface area contributed by atoms with Crippen molar-refractivity contribution in [3.8, 4) is 0 Å². The number of nitrogens with zero attached hydrogens (tertiary/aromatic N) is 3. The molecule has 0 aromatic carbocycles. The van der Waals surface area contributed by atoms with Crippen molar-refractivity contribution in [1.29, 1.82) is 0 Å². The summed E-state index contributed by atoms with van der Waals surface area (Å²) < 4.78 is 0. The van der Waals surface area contributed by atoms with Gasteiger partial charge in [0.1, 0.15) is 11.6 Å². The van der Waals surface area contributed by atoms with Crippen LogP contribution in [0.4, 0.5) is 11.6 Å². The number of hydrogen-bond donors (Lipinski definition) is 2. The predicted molar refractivity (Wildman–Crippen MR) is 86.4 cm³/mol. The van der Waals surface area contributed by atoms with Crippen LogP contribution in [0.3, 0.4) is 0 Å². The van der Waals surface area contributed by atoms with Crippen molar-refractivity contribution in [2.45, 2.75) is 31.3 Å². The Morgan fingerprint density at radius 2 is 2.30 bits per heavy atom. The van der Waals surface area contributed by atoms with Gasteiger partial charge in [0.2, 0.25) is 0 Å². The summed E-state index contributed by atoms with van der Waals surface area (Å²) in [5, 5.41) is 6.08. The first kappa shape index (κ1) is 15.1. The SMILES string of the molecule is CCCCSc1nc(N)cc(NCCc2cscn2)n1. The van der Waals surface area contributed by atoms with Crippen LogP contribution in [0.25, 0.3) is 0 Å². The number of nitrogen functional groups attached to an aromatic ring is 1. The number of aromatic nitrogens is 3. The van der Waals surface area contributed by atoms with Gasteiger partial charge in [-0.2, -0.15) is 0 Å². The van der Waals surface area contributed by atoms with Gasteiger partial charge < -0.3 is 11.1 Å². The largest absolute Gasteiger partial charge is 0.383 e. The van der Waals surface area contributed by atoms with Gasteiger partial charge in [0.05, 0.1) is 11.2 Å². The minimum atomic E-state index is 0.509. The van der Waals surface area contributed by atoms with E-state index >= 15 is 0 Å². The lowest BCUT2D eigenvalue weighted by Gasteiger charge is -2.07. The number of anilines is 2. The van der Waals surface area contributed by atoms with Crippen molar-refractivity contribution < 1.29 is 0 Å². The number of nitrogens with one attached hydrogen (secondary N) is 1. The smallest absolute Gasteiger partial charge is 0.191 e. The molecule has 2 heterocycles. The van der Waals surface area contributed by atoms with Crippen molar-refractivity contribution in [2.75, 3.05) is 23.3 Å². The summed E-state index contributed by atoms with van der Waals surface area (Å²) in [5.74, 6) is 2.32. The zero-order valence-electron chi connectivity index (χ0n) is 11.5. The molecule has 0 saturated heterocycles. The lowest BCUT2D eigenvalue weighted by atomic mass is 10.3. The Labute approximate surface area is 127 Å². The van der Waals surface area contributed by atoms with Gasteiger partial charge in [-0.05, 0) is 6.42 Å². The second-order valence-electron chi connectivity index (χ2n) is 4.32. The number of thiazole rings is 1. The molecule has 5 nitrogen and oxygen atoms in total. The molecular weight excluding hydrogens is 290 g/mol. The summed E-state index contributed by atoms with van der Waals surface area (Å²) in [5.41, 5.74) is 8.76. The first-order valence-electron chi connectivity index (χ1n) is 6.66. The molecule has 7 heteroatoms. The summed E-state index contributed by atoms with van der Waals surface area (Å²) in [6.45, 7) is 2.96. The zero-order valence-corrected chi connectivity index (χ0v) is 13.1. The third kappa shape index (κ3) is 4.97. The first-order valence-corrected chi connectivity index (χ1v) is 8.59. The lowest BCUT2D eigenvalue weighted by molar-refractivity contribution is 0.887. The average Bonchev–Trinajstić information content (AvgIpc) is 2.92. The molecule has 108 valence electrons. The summed E-state index contributed by atoms with van der Waals surface area (Å²) in [6.07, 6.45) is 3.22. The van der Waals surface area contributed by atoms with Crippen LogP contribution < -0.4 is 11.1 Å². The maximum absolute atomic E-state index is 5.81. The van der Waals surface area contributed by atoms with Crippen LogP contribution in [0.15, 0.2) is 22.1 Å². The molecule has 2 aromatic heterocycles. The summed E-state index contributed by atoms with van der Waals surface area (Å²) in [6, 6.07) is 1.77. The van der Waals surface area contributed by atoms with E-state index in [1.807, 2.05) is 5.51 Å². The van der Waals surface area contributed by atoms with E-state index in [-0.39, 0.29) is 0 Å². The van der Waals surface area contributed by atoms with Gasteiger partial charge >= 0.3 is 0 Å². The molecule has 0 radical (unpaired) electrons. The Kier molecular flexibility index (Phi) is 6.07. The molecule has 0 saturated carbocycles. The van der Waals surface area contributed by atoms with Gasteiger partial charge in [0, 0.05) is 30.2 Å². The Hall–Kier alpha value is -1.34. The molecule has 0 unspecified atom stereocenters. The molecule has 0 aliphatic rings. The summed E-state index contributed by atoms with van der Waals surface area (Å²) in [4.78, 5) is 13.0. The fourth-order valence-electron chi connectivity index (χ4n) is 1.59. The van der Waals surface area contributed by atoms with E-state index in [0.717, 1.165) is 41.8 Å². The Bertz CT molecular complexity index is 515. The van der Waals surface area contributed by atoms with Crippen LogP contribution in [0.5, 0.6) is 0 Å². The highest BCUT2D eigenvalue weighted by Gasteiger charge is 2.03. The maximum atomic E-state index is 5.81. The molecule has 2 rings (SSSR count). The molecule has 0 amide bonds. The summed E-state index contributed by atoms with van der Waals surface area (Å²) >= 11 is 3.27. The van der Waals surface area contributed by atoms with E-state index < -0.39 is 0 Å². The van der Waals surface area contributed by atoms with E-state index in [9.17, 15) is 0 Å². The highest BCUT2D eigenvalue weighted by Crippen LogP contribution is 2.19. The number of rotatable bonds is 8. The minimum Gasteiger partial charge on any atom is -0.383 e. The van der Waals surface area contributed by atoms with Gasteiger partial charge in [-0.1, -0.05) is 25.1 Å². The van der Waals surface area contributed by atoms with E-state index in [4.69, 9.17) is 5.73 Å². The molecular formula is C13H19N5S2. The number of hydrogen-bond acceptors (Lipinski definition) is 7. The predicted octanol–water partition coefficient (Wildman–Crippen LogP) is 3.06. The normalized spacial score (nSPS) is 10.7. The molecule has 0 aliphatic carbocycles. The third-order valence-corrected chi connectivity index (χ3v) is 4.19. The summed E-state index contributed by atoms with van der Waals surface area (Å²) in [7, 11) is 0. The van der Waals surface area contributed by atoms with Crippen LogP contribution >= 0.6 is 23.1 Å². The maximum Gasteiger partial charge on any atom is 0.191 e. The standard InChI is InChI=1S/C13H19N5S2/c1-2-3-6-20-13-17-11(14)7-12(18-13)15-5-4-10-8-19-9-16-10/h7-9H,2-6H2,1H3,(H3,14,15,17,18). The molecule has 2 aromatic rings. The van der Waals surface area contributed by atoms with Crippen molar-refractivity contribution in [3.63, 3.8) is 0 Å². The van der Waals surface area contributed by atoms with Crippen molar-refractivity contribution >= 4 is 34.7 Å². The topological polar surface area (TPSA) is 76.7 Å². The van der Waals surface area contributed by atoms with Gasteiger partial charge in [0.15, 0.2) is 5.16 Å².